The highest BCUT2D eigenvalue weighted by molar-refractivity contribution is 6.01. The Balaban J connectivity index is 1.68. The molecule has 1 aromatic heterocycles. The predicted molar refractivity (Wildman–Crippen MR) is 104 cm³/mol. The topological polar surface area (TPSA) is 101 Å². The fourth-order valence-corrected chi connectivity index (χ4v) is 2.49. The van der Waals surface area contributed by atoms with E-state index in [1.165, 1.54) is 6.07 Å². The van der Waals surface area contributed by atoms with Gasteiger partial charge in [0.15, 0.2) is 0 Å². The van der Waals surface area contributed by atoms with Crippen LogP contribution in [0.4, 0.5) is 0 Å². The number of ether oxygens (including phenoxy) is 1. The predicted octanol–water partition coefficient (Wildman–Crippen LogP) is 3.81. The highest BCUT2D eigenvalue weighted by Crippen LogP contribution is 2.22. The highest BCUT2D eigenvalue weighted by atomic mass is 16.5. The van der Waals surface area contributed by atoms with Gasteiger partial charge in [-0.3, -0.25) is 4.79 Å². The van der Waals surface area contributed by atoms with Gasteiger partial charge in [0.25, 0.3) is 5.91 Å². The number of carbonyl (C=O) groups is 2. The van der Waals surface area contributed by atoms with Gasteiger partial charge in [-0.2, -0.15) is 5.10 Å². The first-order valence-corrected chi connectivity index (χ1v) is 8.40. The van der Waals surface area contributed by atoms with E-state index in [1.54, 1.807) is 56.5 Å². The van der Waals surface area contributed by atoms with Gasteiger partial charge in [0.2, 0.25) is 5.76 Å². The number of carbonyl (C=O) groups excluding carboxylic acids is 1. The minimum absolute atomic E-state index is 0.113. The molecule has 3 aromatic rings. The van der Waals surface area contributed by atoms with Gasteiger partial charge in [-0.15, -0.1) is 0 Å². The van der Waals surface area contributed by atoms with Gasteiger partial charge in [0.05, 0.1) is 12.8 Å². The number of aromatic carboxylic acids is 1. The van der Waals surface area contributed by atoms with Crippen LogP contribution < -0.4 is 10.2 Å². The first kappa shape index (κ1) is 18.9. The van der Waals surface area contributed by atoms with Crippen LogP contribution in [0.1, 0.15) is 33.4 Å². The molecule has 0 aliphatic rings. The monoisotopic (exact) mass is 378 g/mol. The van der Waals surface area contributed by atoms with Crippen molar-refractivity contribution < 1.29 is 23.8 Å². The number of nitrogens with zero attached hydrogens (tertiary/aromatic N) is 1. The van der Waals surface area contributed by atoms with Crippen molar-refractivity contribution in [3.8, 4) is 17.1 Å². The average Bonchev–Trinajstić information content (AvgIpc) is 3.22. The number of benzene rings is 2. The van der Waals surface area contributed by atoms with Crippen LogP contribution >= 0.6 is 0 Å². The van der Waals surface area contributed by atoms with E-state index in [2.05, 4.69) is 10.5 Å². The van der Waals surface area contributed by atoms with E-state index < -0.39 is 5.97 Å². The molecule has 1 heterocycles. The van der Waals surface area contributed by atoms with E-state index >= 15 is 0 Å². The van der Waals surface area contributed by atoms with Crippen molar-refractivity contribution in [2.75, 3.05) is 7.11 Å². The number of nitrogens with one attached hydrogen (secondary N) is 1. The maximum Gasteiger partial charge on any atom is 0.371 e. The summed E-state index contributed by atoms with van der Waals surface area (Å²) in [5.74, 6) is -0.415. The van der Waals surface area contributed by atoms with Gasteiger partial charge in [-0.25, -0.2) is 10.2 Å². The fraction of sp³-hybridized carbons (Fsp3) is 0.0952. The number of methoxy groups -OCH3 is 1. The van der Waals surface area contributed by atoms with Crippen molar-refractivity contribution in [2.45, 2.75) is 6.92 Å². The van der Waals surface area contributed by atoms with Gasteiger partial charge in [-0.1, -0.05) is 24.3 Å². The molecule has 28 heavy (non-hydrogen) atoms. The Kier molecular flexibility index (Phi) is 5.55. The Bertz CT molecular complexity index is 1020. The molecule has 1 amide bonds. The standard InChI is InChI=1S/C21H18N2O5/c1-13(22-23-20(24)16-7-9-17(27-2)10-8-16)14-3-5-15(6-4-14)18-11-12-19(28-18)21(25)26/h3-12H,1-2H3,(H,23,24)(H,25,26). The van der Waals surface area contributed by atoms with E-state index in [9.17, 15) is 9.59 Å². The van der Waals surface area contributed by atoms with Crippen LogP contribution in [-0.2, 0) is 0 Å². The summed E-state index contributed by atoms with van der Waals surface area (Å²) in [7, 11) is 1.56. The van der Waals surface area contributed by atoms with E-state index in [1.807, 2.05) is 12.1 Å². The molecule has 2 aromatic carbocycles. The number of furan rings is 1. The third kappa shape index (κ3) is 4.27. The Morgan fingerprint density at radius 1 is 0.964 bits per heavy atom. The number of amides is 1. The molecule has 0 radical (unpaired) electrons. The first-order chi connectivity index (χ1) is 13.5. The minimum Gasteiger partial charge on any atom is -0.497 e. The van der Waals surface area contributed by atoms with E-state index in [-0.39, 0.29) is 11.7 Å². The normalized spacial score (nSPS) is 11.1. The molecule has 0 bridgehead atoms. The summed E-state index contributed by atoms with van der Waals surface area (Å²) < 4.78 is 10.3. The number of hydrazone groups is 1. The van der Waals surface area contributed by atoms with Crippen molar-refractivity contribution in [1.29, 1.82) is 0 Å². The van der Waals surface area contributed by atoms with Crippen LogP contribution in [0.15, 0.2) is 70.2 Å². The molecule has 0 saturated carbocycles. The van der Waals surface area contributed by atoms with Gasteiger partial charge in [0.1, 0.15) is 11.5 Å². The number of carboxylic acids is 1. The van der Waals surface area contributed by atoms with Crippen LogP contribution in [0, 0.1) is 0 Å². The molecule has 2 N–H and O–H groups in total. The molecule has 0 aliphatic heterocycles. The van der Waals surface area contributed by atoms with Crippen LogP contribution in [0.3, 0.4) is 0 Å². The lowest BCUT2D eigenvalue weighted by Gasteiger charge is -2.05. The van der Waals surface area contributed by atoms with Gasteiger partial charge in [-0.05, 0) is 48.9 Å². The molecule has 7 heteroatoms. The largest absolute Gasteiger partial charge is 0.497 e. The molecule has 0 unspecified atom stereocenters. The highest BCUT2D eigenvalue weighted by Gasteiger charge is 2.11. The third-order valence-corrected chi connectivity index (χ3v) is 4.08. The molecule has 0 saturated heterocycles. The SMILES string of the molecule is COc1ccc(C(=O)NN=C(C)c2ccc(-c3ccc(C(=O)O)o3)cc2)cc1. The van der Waals surface area contributed by atoms with Crippen molar-refractivity contribution in [3.05, 3.63) is 77.6 Å². The van der Waals surface area contributed by atoms with Crippen LogP contribution in [0.5, 0.6) is 5.75 Å². The number of hydrogen-bond acceptors (Lipinski definition) is 5. The molecule has 142 valence electrons. The Hall–Kier alpha value is -3.87. The molecule has 0 aliphatic carbocycles. The Morgan fingerprint density at radius 3 is 2.18 bits per heavy atom. The lowest BCUT2D eigenvalue weighted by Crippen LogP contribution is -2.19. The zero-order valence-electron chi connectivity index (χ0n) is 15.3. The second kappa shape index (κ2) is 8.22. The van der Waals surface area contributed by atoms with Gasteiger partial charge >= 0.3 is 5.97 Å². The van der Waals surface area contributed by atoms with Crippen LogP contribution in [0.25, 0.3) is 11.3 Å². The van der Waals surface area contributed by atoms with Gasteiger partial charge < -0.3 is 14.3 Å². The smallest absolute Gasteiger partial charge is 0.371 e. The Labute approximate surface area is 161 Å². The maximum absolute atomic E-state index is 12.2. The second-order valence-corrected chi connectivity index (χ2v) is 5.91. The van der Waals surface area contributed by atoms with Crippen molar-refractivity contribution in [1.82, 2.24) is 5.43 Å². The van der Waals surface area contributed by atoms with Crippen molar-refractivity contribution >= 4 is 17.6 Å². The van der Waals surface area contributed by atoms with E-state index in [0.29, 0.717) is 22.8 Å². The second-order valence-electron chi connectivity index (χ2n) is 5.91. The van der Waals surface area contributed by atoms with E-state index in [4.69, 9.17) is 14.3 Å². The summed E-state index contributed by atoms with van der Waals surface area (Å²) in [6, 6.07) is 17.0. The molecular weight excluding hydrogens is 360 g/mol. The summed E-state index contributed by atoms with van der Waals surface area (Å²) in [5, 5.41) is 13.1. The summed E-state index contributed by atoms with van der Waals surface area (Å²) in [5.41, 5.74) is 5.17. The molecule has 7 nitrogen and oxygen atoms in total. The number of carboxylic acid groups (broad SMARTS) is 1. The maximum atomic E-state index is 12.2. The summed E-state index contributed by atoms with van der Waals surface area (Å²) in [4.78, 5) is 23.1. The molecule has 0 atom stereocenters. The van der Waals surface area contributed by atoms with Crippen molar-refractivity contribution in [3.63, 3.8) is 0 Å². The minimum atomic E-state index is -1.11. The summed E-state index contributed by atoms with van der Waals surface area (Å²) >= 11 is 0. The average molecular weight is 378 g/mol. The molecule has 0 fully saturated rings. The van der Waals surface area contributed by atoms with Crippen LogP contribution in [0.2, 0.25) is 0 Å². The first-order valence-electron chi connectivity index (χ1n) is 8.40. The molecule has 3 rings (SSSR count). The zero-order valence-corrected chi connectivity index (χ0v) is 15.3. The quantitative estimate of drug-likeness (QED) is 0.502. The van der Waals surface area contributed by atoms with Crippen molar-refractivity contribution in [2.24, 2.45) is 5.10 Å². The summed E-state index contributed by atoms with van der Waals surface area (Å²) in [6.45, 7) is 1.78. The molecular formula is C21H18N2O5. The van der Waals surface area contributed by atoms with Gasteiger partial charge in [0, 0.05) is 11.1 Å². The fourth-order valence-electron chi connectivity index (χ4n) is 2.49. The zero-order chi connectivity index (χ0) is 20.1. The number of rotatable bonds is 6. The third-order valence-electron chi connectivity index (χ3n) is 4.08. The Morgan fingerprint density at radius 2 is 1.61 bits per heavy atom. The summed E-state index contributed by atoms with van der Waals surface area (Å²) in [6.07, 6.45) is 0. The molecule has 0 spiro atoms. The lowest BCUT2D eigenvalue weighted by molar-refractivity contribution is 0.0663. The van der Waals surface area contributed by atoms with Crippen LogP contribution in [-0.4, -0.2) is 29.8 Å². The van der Waals surface area contributed by atoms with E-state index in [0.717, 1.165) is 11.1 Å². The number of hydrogen-bond donors (Lipinski definition) is 2. The lowest BCUT2D eigenvalue weighted by atomic mass is 10.1.